The minimum atomic E-state index is -1.73. The average Bonchev–Trinajstić information content (AvgIpc) is 3.69. The van der Waals surface area contributed by atoms with Crippen molar-refractivity contribution < 1.29 is 53.7 Å². The van der Waals surface area contributed by atoms with E-state index >= 15 is 0 Å². The van der Waals surface area contributed by atoms with Gasteiger partial charge in [-0.3, -0.25) is 23.9 Å². The van der Waals surface area contributed by atoms with Gasteiger partial charge in [0.15, 0.2) is 12.5 Å². The van der Waals surface area contributed by atoms with Crippen molar-refractivity contribution in [2.75, 3.05) is 31.6 Å². The molecule has 2 aromatic carbocycles. The highest BCUT2D eigenvalue weighted by molar-refractivity contribution is 5.78. The van der Waals surface area contributed by atoms with Crippen LogP contribution in [0.25, 0.3) is 0 Å². The van der Waals surface area contributed by atoms with Gasteiger partial charge in [-0.2, -0.15) is 0 Å². The SMILES string of the molecule is COc1ccc(OC2CCN(c3ccc(CCC(=O)CCCCCC(C(N)=O)[C@H](O[C@@H]4O[C@H](CN)[C@@H](O)[C@H]4O)[C@H]4O[C@@H](n5ccc(=O)[nH]c5=O)C(O)[C@H]4O)cc3)CC2)cc1. The monoisotopic (exact) mass is 839 g/mol. The van der Waals surface area contributed by atoms with Crippen LogP contribution >= 0.6 is 0 Å². The second-order valence-electron chi connectivity index (χ2n) is 15.6. The zero-order valence-electron chi connectivity index (χ0n) is 33.6. The number of ether oxygens (including phenoxy) is 5. The molecule has 4 heterocycles. The summed E-state index contributed by atoms with van der Waals surface area (Å²) in [5, 5.41) is 43.2. The number of ketones is 1. The van der Waals surface area contributed by atoms with Crippen LogP contribution in [0.3, 0.4) is 0 Å². The number of benzene rings is 2. The lowest BCUT2D eigenvalue weighted by molar-refractivity contribution is -0.231. The van der Waals surface area contributed by atoms with Gasteiger partial charge in [0.25, 0.3) is 5.56 Å². The number of aromatic amines is 1. The van der Waals surface area contributed by atoms with Crippen molar-refractivity contribution in [3.63, 3.8) is 0 Å². The number of carbonyl (C=O) groups is 2. The van der Waals surface area contributed by atoms with E-state index in [-0.39, 0.29) is 24.9 Å². The fourth-order valence-corrected chi connectivity index (χ4v) is 8.08. The van der Waals surface area contributed by atoms with Crippen LogP contribution in [0.5, 0.6) is 11.5 Å². The van der Waals surface area contributed by atoms with Gasteiger partial charge >= 0.3 is 5.69 Å². The molecule has 3 fully saturated rings. The largest absolute Gasteiger partial charge is 0.497 e. The van der Waals surface area contributed by atoms with E-state index in [1.807, 2.05) is 24.3 Å². The van der Waals surface area contributed by atoms with E-state index < -0.39 is 78.3 Å². The Kier molecular flexibility index (Phi) is 15.5. The lowest BCUT2D eigenvalue weighted by Crippen LogP contribution is -2.50. The van der Waals surface area contributed by atoms with E-state index in [1.54, 1.807) is 7.11 Å². The number of methoxy groups -OCH3 is 1. The quantitative estimate of drug-likeness (QED) is 0.0752. The molecule has 1 amide bonds. The number of primary amides is 1. The summed E-state index contributed by atoms with van der Waals surface area (Å²) in [7, 11) is 1.64. The topological polar surface area (TPSA) is 271 Å². The number of Topliss-reactive ketones (excluding diaryl/α,β-unsaturated/α-hetero) is 1. The summed E-state index contributed by atoms with van der Waals surface area (Å²) in [5.74, 6) is -0.290. The number of piperidine rings is 1. The minimum absolute atomic E-state index is 0.103. The van der Waals surface area contributed by atoms with Crippen LogP contribution in [0.2, 0.25) is 0 Å². The molecule has 1 aromatic heterocycles. The predicted octanol–water partition coefficient (Wildman–Crippen LogP) is 0.257. The number of aliphatic hydroxyl groups is 4. The van der Waals surface area contributed by atoms with Gasteiger partial charge in [-0.25, -0.2) is 4.79 Å². The number of nitrogens with one attached hydrogen (secondary N) is 1. The van der Waals surface area contributed by atoms with E-state index in [0.717, 1.165) is 65.5 Å². The molecule has 18 heteroatoms. The van der Waals surface area contributed by atoms with Crippen LogP contribution in [0.1, 0.15) is 63.2 Å². The zero-order valence-corrected chi connectivity index (χ0v) is 33.6. The van der Waals surface area contributed by atoms with Crippen molar-refractivity contribution in [2.45, 2.75) is 119 Å². The Hall–Kier alpha value is -4.66. The van der Waals surface area contributed by atoms with Gasteiger partial charge in [0.2, 0.25) is 5.91 Å². The number of unbranched alkanes of at least 4 members (excludes halogenated alkanes) is 2. The molecule has 9 N–H and O–H groups in total. The summed E-state index contributed by atoms with van der Waals surface area (Å²) in [4.78, 5) is 54.4. The van der Waals surface area contributed by atoms with E-state index in [0.29, 0.717) is 38.5 Å². The fourth-order valence-electron chi connectivity index (χ4n) is 8.08. The Balaban J connectivity index is 0.976. The Labute approximate surface area is 346 Å². The lowest BCUT2D eigenvalue weighted by atomic mass is 9.88. The lowest BCUT2D eigenvalue weighted by Gasteiger charge is -2.33. The molecule has 0 aliphatic carbocycles. The summed E-state index contributed by atoms with van der Waals surface area (Å²) >= 11 is 0. The first-order valence-corrected chi connectivity index (χ1v) is 20.5. The third kappa shape index (κ3) is 11.0. The molecule has 6 rings (SSSR count). The van der Waals surface area contributed by atoms with Crippen LogP contribution < -0.4 is 37.1 Å². The van der Waals surface area contributed by atoms with Gasteiger partial charge < -0.3 is 60.5 Å². The maximum atomic E-state index is 13.0. The Morgan fingerprint density at radius 3 is 2.20 bits per heavy atom. The number of nitrogens with zero attached hydrogens (tertiary/aromatic N) is 2. The molecule has 3 aliphatic rings. The van der Waals surface area contributed by atoms with Crippen molar-refractivity contribution in [1.82, 2.24) is 9.55 Å². The Bertz CT molecular complexity index is 1970. The van der Waals surface area contributed by atoms with Gasteiger partial charge in [0, 0.05) is 63.3 Å². The molecule has 10 atom stereocenters. The molecule has 3 saturated heterocycles. The third-order valence-corrected chi connectivity index (χ3v) is 11.6. The van der Waals surface area contributed by atoms with E-state index in [1.165, 1.54) is 0 Å². The summed E-state index contributed by atoms with van der Waals surface area (Å²) in [6.45, 7) is 1.60. The van der Waals surface area contributed by atoms with Crippen LogP contribution in [-0.4, -0.2) is 124 Å². The second-order valence-corrected chi connectivity index (χ2v) is 15.6. The van der Waals surface area contributed by atoms with Gasteiger partial charge in [-0.1, -0.05) is 25.0 Å². The number of hydrogen-bond donors (Lipinski definition) is 7. The van der Waals surface area contributed by atoms with Crippen LogP contribution in [-0.2, 0) is 30.2 Å². The first-order chi connectivity index (χ1) is 28.9. The Morgan fingerprint density at radius 2 is 1.57 bits per heavy atom. The number of aliphatic hydroxyl groups excluding tert-OH is 4. The smallest absolute Gasteiger partial charge is 0.330 e. The third-order valence-electron chi connectivity index (χ3n) is 11.6. The maximum Gasteiger partial charge on any atom is 0.330 e. The number of aromatic nitrogens is 2. The Morgan fingerprint density at radius 1 is 0.867 bits per heavy atom. The summed E-state index contributed by atoms with van der Waals surface area (Å²) in [6.07, 6.45) is -7.42. The number of anilines is 1. The predicted molar refractivity (Wildman–Crippen MR) is 216 cm³/mol. The van der Waals surface area contributed by atoms with Crippen molar-refractivity contribution >= 4 is 17.4 Å². The fraction of sp³-hybridized carbons (Fsp3) is 0.571. The van der Waals surface area contributed by atoms with Crippen molar-refractivity contribution in [2.24, 2.45) is 17.4 Å². The van der Waals surface area contributed by atoms with E-state index in [4.69, 9.17) is 35.2 Å². The average molecular weight is 840 g/mol. The van der Waals surface area contributed by atoms with Crippen LogP contribution in [0.4, 0.5) is 5.69 Å². The molecule has 0 saturated carbocycles. The molecular formula is C42H57N5O13. The number of nitrogens with two attached hydrogens (primary N) is 2. The highest BCUT2D eigenvalue weighted by Gasteiger charge is 2.53. The molecule has 3 aromatic rings. The number of carbonyl (C=O) groups excluding carboxylic acids is 2. The zero-order chi connectivity index (χ0) is 42.9. The molecule has 18 nitrogen and oxygen atoms in total. The highest BCUT2D eigenvalue weighted by Crippen LogP contribution is 2.37. The number of rotatable bonds is 20. The normalized spacial score (nSPS) is 26.8. The van der Waals surface area contributed by atoms with E-state index in [9.17, 15) is 39.6 Å². The van der Waals surface area contributed by atoms with Crippen LogP contribution in [0, 0.1) is 5.92 Å². The second kappa shape index (κ2) is 20.7. The maximum absolute atomic E-state index is 13.0. The van der Waals surface area contributed by atoms with Gasteiger partial charge in [0.1, 0.15) is 66.1 Å². The van der Waals surface area contributed by atoms with Crippen molar-refractivity contribution in [1.29, 1.82) is 0 Å². The first kappa shape index (κ1) is 44.9. The number of amides is 1. The number of H-pyrrole nitrogens is 1. The molecule has 0 radical (unpaired) electrons. The standard InChI is InChI=1S/C42H57N5O13/c1-56-27-13-15-28(16-14-27)57-29-17-20-46(21-18-29)25-10-7-24(8-11-25)9-12-26(48)5-3-2-4-6-30(39(44)54)37(60-41-36(53)33(50)31(23-43)58-41)38-34(51)35(52)40(59-38)47-22-19-32(49)45-42(47)55/h7-8,10-11,13-16,19,22,29-31,33-38,40-41,50-53H,2-6,9,12,17-18,20-21,23,43H2,1H3,(H2,44,54)(H,45,49,55)/t30?,31-,33-,34-,35?,36-,37+,38+,40-,41+/m1/s1. The molecular weight excluding hydrogens is 782 g/mol. The molecule has 328 valence electrons. The summed E-state index contributed by atoms with van der Waals surface area (Å²) < 4.78 is 29.8. The van der Waals surface area contributed by atoms with Crippen LogP contribution in [0.15, 0.2) is 70.4 Å². The highest BCUT2D eigenvalue weighted by atomic mass is 16.7. The molecule has 2 unspecified atom stereocenters. The molecule has 0 bridgehead atoms. The van der Waals surface area contributed by atoms with Gasteiger partial charge in [-0.15, -0.1) is 0 Å². The van der Waals surface area contributed by atoms with Gasteiger partial charge in [-0.05, 0) is 61.2 Å². The first-order valence-electron chi connectivity index (χ1n) is 20.5. The summed E-state index contributed by atoms with van der Waals surface area (Å²) in [5.41, 5.74) is 12.1. The van der Waals surface area contributed by atoms with Gasteiger partial charge in [0.05, 0.1) is 13.0 Å². The number of hydrogen-bond acceptors (Lipinski definition) is 15. The minimum Gasteiger partial charge on any atom is -0.497 e. The molecule has 3 aliphatic heterocycles. The molecule has 60 heavy (non-hydrogen) atoms. The molecule has 0 spiro atoms. The summed E-state index contributed by atoms with van der Waals surface area (Å²) in [6, 6.07) is 17.0. The van der Waals surface area contributed by atoms with Crippen molar-refractivity contribution in [3.8, 4) is 11.5 Å². The van der Waals surface area contributed by atoms with Crippen molar-refractivity contribution in [3.05, 3.63) is 87.2 Å². The number of aryl methyl sites for hydroxylation is 1. The van der Waals surface area contributed by atoms with E-state index in [2.05, 4.69) is 34.1 Å².